The van der Waals surface area contributed by atoms with E-state index >= 15 is 0 Å². The number of nitrogens with one attached hydrogen (secondary N) is 1. The molecule has 2 aromatic carbocycles. The molecule has 4 rings (SSSR count). The molecule has 0 aliphatic carbocycles. The van der Waals surface area contributed by atoms with Gasteiger partial charge in [-0.25, -0.2) is 4.98 Å². The fourth-order valence-electron chi connectivity index (χ4n) is 3.99. The first-order valence-corrected chi connectivity index (χ1v) is 11.8. The fourth-order valence-corrected chi connectivity index (χ4v) is 4.96. The normalized spacial score (nSPS) is 13.8. The van der Waals surface area contributed by atoms with Gasteiger partial charge in [0.15, 0.2) is 0 Å². The predicted octanol–water partition coefficient (Wildman–Crippen LogP) is 5.02. The largest absolute Gasteiger partial charge is 0.370 e. The molecule has 1 aliphatic heterocycles. The molecule has 0 bridgehead atoms. The molecule has 2 heterocycles. The number of carbonyl (C=O) groups is 2. The number of carbonyl (C=O) groups excluding carboxylic acids is 2. The minimum absolute atomic E-state index is 0.226. The average Bonchev–Trinajstić information content (AvgIpc) is 3.21. The fraction of sp³-hybridized carbons (Fsp3) is 0.320. The summed E-state index contributed by atoms with van der Waals surface area (Å²) >= 11 is 1.38. The first-order valence-electron chi connectivity index (χ1n) is 11.0. The molecule has 3 aromatic rings. The number of benzene rings is 2. The van der Waals surface area contributed by atoms with Crippen molar-refractivity contribution in [3.63, 3.8) is 0 Å². The molecule has 2 amide bonds. The van der Waals surface area contributed by atoms with E-state index < -0.39 is 5.91 Å². The Kier molecular flexibility index (Phi) is 6.55. The Morgan fingerprint density at radius 3 is 2.47 bits per heavy atom. The third-order valence-electron chi connectivity index (χ3n) is 5.84. The summed E-state index contributed by atoms with van der Waals surface area (Å²) < 4.78 is 0. The maximum Gasteiger partial charge on any atom is 0.267 e. The van der Waals surface area contributed by atoms with E-state index in [4.69, 9.17) is 5.73 Å². The Balaban J connectivity index is 1.62. The summed E-state index contributed by atoms with van der Waals surface area (Å²) in [5.41, 5.74) is 10.3. The summed E-state index contributed by atoms with van der Waals surface area (Å²) in [6, 6.07) is 13.5. The number of aromatic nitrogens is 1. The van der Waals surface area contributed by atoms with Crippen molar-refractivity contribution in [1.82, 2.24) is 4.98 Å². The Bertz CT molecular complexity index is 1130. The Morgan fingerprint density at radius 2 is 1.81 bits per heavy atom. The number of hydrogen-bond acceptors (Lipinski definition) is 5. The molecule has 0 radical (unpaired) electrons. The van der Waals surface area contributed by atoms with Crippen LogP contribution in [0.4, 0.5) is 11.4 Å². The number of aryl methyl sites for hydroxylation is 2. The van der Waals surface area contributed by atoms with Crippen LogP contribution in [-0.4, -0.2) is 29.9 Å². The quantitative estimate of drug-likeness (QED) is 0.554. The molecule has 166 valence electrons. The first kappa shape index (κ1) is 22.0. The molecule has 0 unspecified atom stereocenters. The lowest BCUT2D eigenvalue weighted by Crippen LogP contribution is -2.30. The van der Waals surface area contributed by atoms with Gasteiger partial charge in [-0.3, -0.25) is 9.59 Å². The van der Waals surface area contributed by atoms with E-state index in [9.17, 15) is 9.59 Å². The highest BCUT2D eigenvalue weighted by Gasteiger charge is 2.21. The van der Waals surface area contributed by atoms with E-state index in [2.05, 4.69) is 34.3 Å². The molecule has 0 spiro atoms. The van der Waals surface area contributed by atoms with E-state index in [0.29, 0.717) is 21.8 Å². The van der Waals surface area contributed by atoms with Crippen LogP contribution in [0.1, 0.15) is 57.5 Å². The van der Waals surface area contributed by atoms with Crippen LogP contribution >= 0.6 is 11.3 Å². The number of amides is 2. The lowest BCUT2D eigenvalue weighted by atomic mass is 10.1. The summed E-state index contributed by atoms with van der Waals surface area (Å²) in [7, 11) is 0. The van der Waals surface area contributed by atoms with E-state index in [1.165, 1.54) is 23.3 Å². The van der Waals surface area contributed by atoms with E-state index in [0.717, 1.165) is 48.6 Å². The van der Waals surface area contributed by atoms with Gasteiger partial charge >= 0.3 is 0 Å². The van der Waals surface area contributed by atoms with Crippen molar-refractivity contribution in [2.24, 2.45) is 5.73 Å². The molecule has 1 saturated heterocycles. The zero-order valence-electron chi connectivity index (χ0n) is 18.5. The second kappa shape index (κ2) is 9.53. The zero-order valence-corrected chi connectivity index (χ0v) is 19.3. The number of nitrogens with two attached hydrogens (primary N) is 1. The summed E-state index contributed by atoms with van der Waals surface area (Å²) in [6.07, 6.45) is 4.41. The van der Waals surface area contributed by atoms with E-state index in [-0.39, 0.29) is 5.91 Å². The van der Waals surface area contributed by atoms with Gasteiger partial charge in [-0.1, -0.05) is 31.2 Å². The number of nitrogens with zero attached hydrogens (tertiary/aromatic N) is 2. The second-order valence-corrected chi connectivity index (χ2v) is 9.08. The average molecular weight is 449 g/mol. The number of rotatable bonds is 6. The van der Waals surface area contributed by atoms with E-state index in [1.54, 1.807) is 12.1 Å². The van der Waals surface area contributed by atoms with Gasteiger partial charge < -0.3 is 16.0 Å². The lowest BCUT2D eigenvalue weighted by Gasteiger charge is -2.30. The Labute approximate surface area is 192 Å². The molecule has 1 aliphatic rings. The Morgan fingerprint density at radius 1 is 1.09 bits per heavy atom. The van der Waals surface area contributed by atoms with E-state index in [1.807, 2.05) is 25.1 Å². The number of anilines is 2. The van der Waals surface area contributed by atoms with Crippen LogP contribution in [0.3, 0.4) is 0 Å². The molecule has 1 fully saturated rings. The van der Waals surface area contributed by atoms with Crippen molar-refractivity contribution in [2.45, 2.75) is 39.5 Å². The van der Waals surface area contributed by atoms with Gasteiger partial charge in [0.2, 0.25) is 5.91 Å². The van der Waals surface area contributed by atoms with Crippen LogP contribution in [0.25, 0.3) is 10.6 Å². The highest BCUT2D eigenvalue weighted by Crippen LogP contribution is 2.32. The summed E-state index contributed by atoms with van der Waals surface area (Å²) in [5, 5.41) is 3.84. The summed E-state index contributed by atoms with van der Waals surface area (Å²) in [5.74, 6) is -0.742. The molecule has 1 aromatic heterocycles. The molecule has 7 heteroatoms. The minimum Gasteiger partial charge on any atom is -0.370 e. The van der Waals surface area contributed by atoms with Crippen LogP contribution in [0.2, 0.25) is 0 Å². The Hall–Kier alpha value is -3.19. The van der Waals surface area contributed by atoms with Crippen LogP contribution in [0.15, 0.2) is 42.5 Å². The van der Waals surface area contributed by atoms with Crippen molar-refractivity contribution >= 4 is 34.5 Å². The standard InChI is InChI=1S/C25H28N4O2S/c1-3-17-7-9-18(10-8-17)25-27-16(2)22(32-25)24(31)28-20-15-19(23(26)30)11-12-21(20)29-13-5-4-6-14-29/h7-12,15H,3-6,13-14H2,1-2H3,(H2,26,30)(H,28,31). The zero-order chi connectivity index (χ0) is 22.7. The van der Waals surface area contributed by atoms with Gasteiger partial charge in [0.1, 0.15) is 9.88 Å². The third kappa shape index (κ3) is 4.67. The van der Waals surface area contributed by atoms with Crippen molar-refractivity contribution < 1.29 is 9.59 Å². The second-order valence-electron chi connectivity index (χ2n) is 8.08. The highest BCUT2D eigenvalue weighted by atomic mass is 32.1. The van der Waals surface area contributed by atoms with Gasteiger partial charge in [-0.2, -0.15) is 0 Å². The lowest BCUT2D eigenvalue weighted by molar-refractivity contribution is 0.0996. The van der Waals surface area contributed by atoms with Gasteiger partial charge in [-0.05, 0) is 56.4 Å². The number of primary amides is 1. The van der Waals surface area contributed by atoms with Crippen LogP contribution in [0, 0.1) is 6.92 Å². The maximum atomic E-state index is 13.2. The summed E-state index contributed by atoms with van der Waals surface area (Å²) in [4.78, 5) is 32.4. The van der Waals surface area contributed by atoms with Crippen molar-refractivity contribution in [2.75, 3.05) is 23.3 Å². The highest BCUT2D eigenvalue weighted by molar-refractivity contribution is 7.17. The maximum absolute atomic E-state index is 13.2. The van der Waals surface area contributed by atoms with Crippen LogP contribution in [-0.2, 0) is 6.42 Å². The molecule has 0 saturated carbocycles. The SMILES string of the molecule is CCc1ccc(-c2nc(C)c(C(=O)Nc3cc(C(N)=O)ccc3N3CCCCC3)s2)cc1. The van der Waals surface area contributed by atoms with Crippen molar-refractivity contribution in [3.8, 4) is 10.6 Å². The van der Waals surface area contributed by atoms with Gasteiger partial charge in [-0.15, -0.1) is 11.3 Å². The summed E-state index contributed by atoms with van der Waals surface area (Å²) in [6.45, 7) is 5.82. The van der Waals surface area contributed by atoms with Crippen molar-refractivity contribution in [3.05, 3.63) is 64.2 Å². The minimum atomic E-state index is -0.516. The number of thiazole rings is 1. The molecule has 0 atom stereocenters. The number of hydrogen-bond donors (Lipinski definition) is 2. The smallest absolute Gasteiger partial charge is 0.267 e. The molecule has 3 N–H and O–H groups in total. The van der Waals surface area contributed by atoms with Crippen molar-refractivity contribution in [1.29, 1.82) is 0 Å². The molecule has 6 nitrogen and oxygen atoms in total. The van der Waals surface area contributed by atoms with Crippen LogP contribution in [0.5, 0.6) is 0 Å². The first-order chi connectivity index (χ1) is 15.5. The third-order valence-corrected chi connectivity index (χ3v) is 7.04. The van der Waals surface area contributed by atoms with Crippen LogP contribution < -0.4 is 16.0 Å². The monoisotopic (exact) mass is 448 g/mol. The van der Waals surface area contributed by atoms with Gasteiger partial charge in [0.05, 0.1) is 17.1 Å². The molecule has 32 heavy (non-hydrogen) atoms. The van der Waals surface area contributed by atoms with Gasteiger partial charge in [0, 0.05) is 24.2 Å². The topological polar surface area (TPSA) is 88.3 Å². The number of piperidine rings is 1. The van der Waals surface area contributed by atoms with Gasteiger partial charge in [0.25, 0.3) is 5.91 Å². The molecular weight excluding hydrogens is 420 g/mol. The molecular formula is C25H28N4O2S. The predicted molar refractivity (Wildman–Crippen MR) is 131 cm³/mol.